The fraction of sp³-hybridized carbons (Fsp3) is 0.278. The first-order valence-electron chi connectivity index (χ1n) is 7.32. The van der Waals surface area contributed by atoms with Crippen LogP contribution in [-0.4, -0.2) is 19.1 Å². The van der Waals surface area contributed by atoms with Gasteiger partial charge in [0.25, 0.3) is 5.91 Å². The van der Waals surface area contributed by atoms with Crippen molar-refractivity contribution in [2.24, 2.45) is 0 Å². The summed E-state index contributed by atoms with van der Waals surface area (Å²) in [5.74, 6) is 1.02. The van der Waals surface area contributed by atoms with Crippen LogP contribution in [0, 0.1) is 13.8 Å². The number of para-hydroxylation sites is 2. The van der Waals surface area contributed by atoms with Crippen LogP contribution in [0.5, 0.6) is 11.5 Å². The molecule has 0 heterocycles. The standard InChI is InChI=1S/C18H21NO3/c1-4-21-16-7-5-6-8-17(16)22-12-18(20)19-15-10-9-13(2)11-14(15)3/h5-11H,4,12H2,1-3H3,(H,19,20). The molecule has 0 aliphatic rings. The molecule has 0 aliphatic carbocycles. The van der Waals surface area contributed by atoms with E-state index in [-0.39, 0.29) is 12.5 Å². The Bertz CT molecular complexity index is 653. The second-order valence-corrected chi connectivity index (χ2v) is 5.03. The summed E-state index contributed by atoms with van der Waals surface area (Å²) in [6.07, 6.45) is 0. The summed E-state index contributed by atoms with van der Waals surface area (Å²) in [5, 5.41) is 2.85. The van der Waals surface area contributed by atoms with Gasteiger partial charge in [0.1, 0.15) is 0 Å². The molecule has 116 valence electrons. The molecule has 0 spiro atoms. The number of hydrogen-bond acceptors (Lipinski definition) is 3. The topological polar surface area (TPSA) is 47.6 Å². The van der Waals surface area contributed by atoms with Crippen LogP contribution in [0.4, 0.5) is 5.69 Å². The van der Waals surface area contributed by atoms with Gasteiger partial charge in [0.2, 0.25) is 0 Å². The van der Waals surface area contributed by atoms with Crippen LogP contribution in [0.1, 0.15) is 18.1 Å². The molecule has 1 amide bonds. The predicted molar refractivity (Wildman–Crippen MR) is 87.7 cm³/mol. The zero-order valence-electron chi connectivity index (χ0n) is 13.2. The third-order valence-corrected chi connectivity index (χ3v) is 3.16. The van der Waals surface area contributed by atoms with Gasteiger partial charge in [-0.25, -0.2) is 0 Å². The lowest BCUT2D eigenvalue weighted by Gasteiger charge is -2.12. The minimum absolute atomic E-state index is 0.0581. The molecule has 2 rings (SSSR count). The average molecular weight is 299 g/mol. The van der Waals surface area contributed by atoms with Crippen LogP contribution in [0.15, 0.2) is 42.5 Å². The number of nitrogens with one attached hydrogen (secondary N) is 1. The Morgan fingerprint density at radius 2 is 1.73 bits per heavy atom. The molecule has 0 radical (unpaired) electrons. The number of rotatable bonds is 6. The van der Waals surface area contributed by atoms with E-state index in [2.05, 4.69) is 5.32 Å². The van der Waals surface area contributed by atoms with Crippen molar-refractivity contribution < 1.29 is 14.3 Å². The maximum Gasteiger partial charge on any atom is 0.262 e. The number of amides is 1. The van der Waals surface area contributed by atoms with Crippen molar-refractivity contribution in [3.8, 4) is 11.5 Å². The van der Waals surface area contributed by atoms with Gasteiger partial charge in [-0.15, -0.1) is 0 Å². The van der Waals surface area contributed by atoms with Crippen LogP contribution >= 0.6 is 0 Å². The number of hydrogen-bond donors (Lipinski definition) is 1. The zero-order chi connectivity index (χ0) is 15.9. The SMILES string of the molecule is CCOc1ccccc1OCC(=O)Nc1ccc(C)cc1C. The van der Waals surface area contributed by atoms with Gasteiger partial charge in [-0.05, 0) is 44.5 Å². The minimum Gasteiger partial charge on any atom is -0.490 e. The van der Waals surface area contributed by atoms with Gasteiger partial charge in [-0.2, -0.15) is 0 Å². The normalized spacial score (nSPS) is 10.1. The second kappa shape index (κ2) is 7.50. The highest BCUT2D eigenvalue weighted by Crippen LogP contribution is 2.26. The first kappa shape index (κ1) is 15.9. The fourth-order valence-electron chi connectivity index (χ4n) is 2.13. The van der Waals surface area contributed by atoms with E-state index in [1.54, 1.807) is 6.07 Å². The molecule has 0 aliphatic heterocycles. The molecule has 0 bridgehead atoms. The Hall–Kier alpha value is -2.49. The summed E-state index contributed by atoms with van der Waals surface area (Å²) >= 11 is 0. The van der Waals surface area contributed by atoms with Crippen molar-refractivity contribution in [1.82, 2.24) is 0 Å². The first-order valence-corrected chi connectivity index (χ1v) is 7.32. The highest BCUT2D eigenvalue weighted by atomic mass is 16.5. The van der Waals surface area contributed by atoms with Gasteiger partial charge >= 0.3 is 0 Å². The third kappa shape index (κ3) is 4.25. The maximum absolute atomic E-state index is 12.0. The Morgan fingerprint density at radius 1 is 1.05 bits per heavy atom. The predicted octanol–water partition coefficient (Wildman–Crippen LogP) is 3.72. The van der Waals surface area contributed by atoms with Gasteiger partial charge in [0.15, 0.2) is 18.1 Å². The molecule has 4 nitrogen and oxygen atoms in total. The molecular weight excluding hydrogens is 278 g/mol. The Labute approximate surface area is 131 Å². The van der Waals surface area contributed by atoms with E-state index in [1.807, 2.05) is 57.2 Å². The quantitative estimate of drug-likeness (QED) is 0.884. The second-order valence-electron chi connectivity index (χ2n) is 5.03. The number of benzene rings is 2. The van der Waals surface area contributed by atoms with Crippen LogP contribution in [0.3, 0.4) is 0 Å². The van der Waals surface area contributed by atoms with E-state index < -0.39 is 0 Å². The Balaban J connectivity index is 1.95. The molecular formula is C18H21NO3. The van der Waals surface area contributed by atoms with Crippen molar-refractivity contribution in [2.75, 3.05) is 18.5 Å². The van der Waals surface area contributed by atoms with Gasteiger partial charge in [-0.1, -0.05) is 29.8 Å². The van der Waals surface area contributed by atoms with E-state index in [0.717, 1.165) is 16.8 Å². The molecule has 2 aromatic carbocycles. The van der Waals surface area contributed by atoms with Gasteiger partial charge in [-0.3, -0.25) is 4.79 Å². The molecule has 0 saturated carbocycles. The van der Waals surface area contributed by atoms with E-state index in [0.29, 0.717) is 18.1 Å². The van der Waals surface area contributed by atoms with Crippen molar-refractivity contribution in [1.29, 1.82) is 0 Å². The largest absolute Gasteiger partial charge is 0.490 e. The monoisotopic (exact) mass is 299 g/mol. The van der Waals surface area contributed by atoms with Crippen LogP contribution in [0.2, 0.25) is 0 Å². The van der Waals surface area contributed by atoms with E-state index in [9.17, 15) is 4.79 Å². The van der Waals surface area contributed by atoms with Crippen molar-refractivity contribution in [3.63, 3.8) is 0 Å². The minimum atomic E-state index is -0.196. The average Bonchev–Trinajstić information content (AvgIpc) is 2.49. The summed E-state index contributed by atoms with van der Waals surface area (Å²) in [4.78, 5) is 12.0. The molecule has 0 aromatic heterocycles. The number of carbonyl (C=O) groups excluding carboxylic acids is 1. The number of aryl methyl sites for hydroxylation is 2. The molecule has 1 N–H and O–H groups in total. The van der Waals surface area contributed by atoms with Gasteiger partial charge in [0, 0.05) is 5.69 Å². The van der Waals surface area contributed by atoms with Gasteiger partial charge < -0.3 is 14.8 Å². The molecule has 0 atom stereocenters. The number of anilines is 1. The third-order valence-electron chi connectivity index (χ3n) is 3.16. The van der Waals surface area contributed by atoms with Crippen LogP contribution in [-0.2, 0) is 4.79 Å². The lowest BCUT2D eigenvalue weighted by atomic mass is 10.1. The summed E-state index contributed by atoms with van der Waals surface area (Å²) in [7, 11) is 0. The molecule has 22 heavy (non-hydrogen) atoms. The van der Waals surface area contributed by atoms with E-state index in [1.165, 1.54) is 0 Å². The summed E-state index contributed by atoms with van der Waals surface area (Å²) in [6.45, 7) is 6.39. The number of ether oxygens (including phenoxy) is 2. The summed E-state index contributed by atoms with van der Waals surface area (Å²) in [5.41, 5.74) is 3.00. The highest BCUT2D eigenvalue weighted by Gasteiger charge is 2.08. The van der Waals surface area contributed by atoms with E-state index >= 15 is 0 Å². The Kier molecular flexibility index (Phi) is 5.42. The molecule has 4 heteroatoms. The fourth-order valence-corrected chi connectivity index (χ4v) is 2.13. The molecule has 2 aromatic rings. The van der Waals surface area contributed by atoms with Crippen molar-refractivity contribution >= 4 is 11.6 Å². The Morgan fingerprint density at radius 3 is 2.36 bits per heavy atom. The highest BCUT2D eigenvalue weighted by molar-refractivity contribution is 5.92. The zero-order valence-corrected chi connectivity index (χ0v) is 13.2. The van der Waals surface area contributed by atoms with Crippen molar-refractivity contribution in [3.05, 3.63) is 53.6 Å². The molecule has 0 unspecified atom stereocenters. The van der Waals surface area contributed by atoms with Crippen LogP contribution < -0.4 is 14.8 Å². The smallest absolute Gasteiger partial charge is 0.262 e. The molecule has 0 saturated heterocycles. The van der Waals surface area contributed by atoms with Gasteiger partial charge in [0.05, 0.1) is 6.61 Å². The summed E-state index contributed by atoms with van der Waals surface area (Å²) < 4.78 is 11.0. The van der Waals surface area contributed by atoms with Crippen molar-refractivity contribution in [2.45, 2.75) is 20.8 Å². The number of carbonyl (C=O) groups is 1. The lowest BCUT2D eigenvalue weighted by Crippen LogP contribution is -2.20. The molecule has 0 fully saturated rings. The summed E-state index contributed by atoms with van der Waals surface area (Å²) in [6, 6.07) is 13.2. The van der Waals surface area contributed by atoms with E-state index in [4.69, 9.17) is 9.47 Å². The first-order chi connectivity index (χ1) is 10.6. The maximum atomic E-state index is 12.0. The van der Waals surface area contributed by atoms with Crippen LogP contribution in [0.25, 0.3) is 0 Å². The lowest BCUT2D eigenvalue weighted by molar-refractivity contribution is -0.118.